The van der Waals surface area contributed by atoms with Crippen LogP contribution in [-0.4, -0.2) is 12.5 Å². The molecule has 0 saturated heterocycles. The normalized spacial score (nSPS) is 15.8. The van der Waals surface area contributed by atoms with Crippen LogP contribution < -0.4 is 5.32 Å². The van der Waals surface area contributed by atoms with Crippen LogP contribution in [0, 0.1) is 5.92 Å². The molecule has 0 bridgehead atoms. The number of hydrogen-bond acceptors (Lipinski definition) is 1. The Morgan fingerprint density at radius 2 is 1.81 bits per heavy atom. The fraction of sp³-hybridized carbons (Fsp3) is 0.632. The van der Waals surface area contributed by atoms with Gasteiger partial charge in [-0.3, -0.25) is 4.79 Å². The summed E-state index contributed by atoms with van der Waals surface area (Å²) in [4.78, 5) is 11.8. The molecule has 21 heavy (non-hydrogen) atoms. The van der Waals surface area contributed by atoms with E-state index in [2.05, 4.69) is 35.6 Å². The molecule has 0 radical (unpaired) electrons. The number of hydrogen-bond donors (Lipinski definition) is 1. The molecule has 1 saturated carbocycles. The number of benzene rings is 1. The molecular formula is C19H29NO. The van der Waals surface area contributed by atoms with Gasteiger partial charge in [-0.05, 0) is 37.2 Å². The van der Waals surface area contributed by atoms with Gasteiger partial charge >= 0.3 is 0 Å². The molecule has 0 unspecified atom stereocenters. The van der Waals surface area contributed by atoms with Gasteiger partial charge in [-0.15, -0.1) is 0 Å². The average Bonchev–Trinajstić information content (AvgIpc) is 2.54. The lowest BCUT2D eigenvalue weighted by molar-refractivity contribution is -0.121. The highest BCUT2D eigenvalue weighted by atomic mass is 16.1. The van der Waals surface area contributed by atoms with Crippen LogP contribution >= 0.6 is 0 Å². The minimum atomic E-state index is 0.250. The smallest absolute Gasteiger partial charge is 0.220 e. The summed E-state index contributed by atoms with van der Waals surface area (Å²) in [5, 5.41) is 3.07. The van der Waals surface area contributed by atoms with Gasteiger partial charge in [-0.25, -0.2) is 0 Å². The van der Waals surface area contributed by atoms with Crippen molar-refractivity contribution in [3.63, 3.8) is 0 Å². The van der Waals surface area contributed by atoms with Crippen LogP contribution in [0.4, 0.5) is 0 Å². The van der Waals surface area contributed by atoms with Crippen molar-refractivity contribution in [2.24, 2.45) is 5.92 Å². The van der Waals surface area contributed by atoms with Crippen LogP contribution in [0.25, 0.3) is 0 Å². The highest BCUT2D eigenvalue weighted by Crippen LogP contribution is 2.27. The zero-order valence-electron chi connectivity index (χ0n) is 13.2. The number of amides is 1. The van der Waals surface area contributed by atoms with Crippen molar-refractivity contribution in [2.75, 3.05) is 6.54 Å². The highest BCUT2D eigenvalue weighted by molar-refractivity contribution is 5.75. The van der Waals surface area contributed by atoms with Crippen LogP contribution in [0.5, 0.6) is 0 Å². The van der Waals surface area contributed by atoms with Gasteiger partial charge < -0.3 is 5.32 Å². The number of unbranched alkanes of at least 4 members (excludes halogenated alkanes) is 1. The second-order valence-corrected chi connectivity index (χ2v) is 6.34. The van der Waals surface area contributed by atoms with E-state index < -0.39 is 0 Å². The largest absolute Gasteiger partial charge is 0.356 e. The van der Waals surface area contributed by atoms with Gasteiger partial charge in [0.2, 0.25) is 5.91 Å². The van der Waals surface area contributed by atoms with E-state index >= 15 is 0 Å². The summed E-state index contributed by atoms with van der Waals surface area (Å²) >= 11 is 0. The third-order valence-electron chi connectivity index (χ3n) is 4.56. The molecular weight excluding hydrogens is 258 g/mol. The van der Waals surface area contributed by atoms with Gasteiger partial charge in [-0.1, -0.05) is 62.4 Å². The van der Waals surface area contributed by atoms with Gasteiger partial charge in [0.05, 0.1) is 0 Å². The predicted octanol–water partition coefficient (Wildman–Crippen LogP) is 4.49. The maximum Gasteiger partial charge on any atom is 0.220 e. The van der Waals surface area contributed by atoms with Gasteiger partial charge in [0, 0.05) is 13.0 Å². The zero-order valence-corrected chi connectivity index (χ0v) is 13.2. The van der Waals surface area contributed by atoms with Gasteiger partial charge in [0.25, 0.3) is 0 Å². The third-order valence-corrected chi connectivity index (χ3v) is 4.56. The monoisotopic (exact) mass is 287 g/mol. The molecule has 2 rings (SSSR count). The van der Waals surface area contributed by atoms with Crippen LogP contribution in [0.15, 0.2) is 30.3 Å². The van der Waals surface area contributed by atoms with E-state index in [0.717, 1.165) is 44.6 Å². The molecule has 0 aromatic heterocycles. The molecule has 1 amide bonds. The van der Waals surface area contributed by atoms with Crippen molar-refractivity contribution in [2.45, 2.75) is 64.2 Å². The zero-order chi connectivity index (χ0) is 14.8. The predicted molar refractivity (Wildman–Crippen MR) is 88.2 cm³/mol. The molecule has 0 atom stereocenters. The lowest BCUT2D eigenvalue weighted by Gasteiger charge is -2.20. The van der Waals surface area contributed by atoms with Crippen molar-refractivity contribution in [1.82, 2.24) is 5.32 Å². The first-order valence-corrected chi connectivity index (χ1v) is 8.65. The van der Waals surface area contributed by atoms with Crippen molar-refractivity contribution >= 4 is 5.91 Å². The second-order valence-electron chi connectivity index (χ2n) is 6.34. The first-order valence-electron chi connectivity index (χ1n) is 8.65. The first-order chi connectivity index (χ1) is 10.3. The number of carbonyl (C=O) groups excluding carboxylic acids is 1. The van der Waals surface area contributed by atoms with Crippen molar-refractivity contribution in [3.05, 3.63) is 35.9 Å². The van der Waals surface area contributed by atoms with Gasteiger partial charge in [0.1, 0.15) is 0 Å². The van der Waals surface area contributed by atoms with E-state index in [9.17, 15) is 4.79 Å². The van der Waals surface area contributed by atoms with Crippen molar-refractivity contribution < 1.29 is 4.79 Å². The molecule has 1 aromatic rings. The van der Waals surface area contributed by atoms with E-state index in [0.29, 0.717) is 0 Å². The lowest BCUT2D eigenvalue weighted by Crippen LogP contribution is -2.25. The molecule has 0 aliphatic heterocycles. The fourth-order valence-electron chi connectivity index (χ4n) is 3.23. The SMILES string of the molecule is O=C(CCC1CCCCC1)NCCCCc1ccccc1. The Morgan fingerprint density at radius 1 is 1.05 bits per heavy atom. The topological polar surface area (TPSA) is 29.1 Å². The minimum Gasteiger partial charge on any atom is -0.356 e. The summed E-state index contributed by atoms with van der Waals surface area (Å²) in [5.74, 6) is 1.06. The van der Waals surface area contributed by atoms with Crippen molar-refractivity contribution in [3.8, 4) is 0 Å². The van der Waals surface area contributed by atoms with Gasteiger partial charge in [0.15, 0.2) is 0 Å². The molecule has 1 aromatic carbocycles. The summed E-state index contributed by atoms with van der Waals surface area (Å²) in [6.07, 6.45) is 11.9. The summed E-state index contributed by atoms with van der Waals surface area (Å²) in [6, 6.07) is 10.6. The molecule has 2 heteroatoms. The average molecular weight is 287 g/mol. The quantitative estimate of drug-likeness (QED) is 0.701. The molecule has 1 aliphatic rings. The Balaban J connectivity index is 1.47. The third kappa shape index (κ3) is 6.79. The Hall–Kier alpha value is -1.31. The molecule has 1 aliphatic carbocycles. The molecule has 0 heterocycles. The Kier molecular flexibility index (Phi) is 7.34. The number of nitrogens with one attached hydrogen (secondary N) is 1. The molecule has 116 valence electrons. The summed E-state index contributed by atoms with van der Waals surface area (Å²) in [5.41, 5.74) is 1.39. The van der Waals surface area contributed by atoms with Crippen LogP contribution in [-0.2, 0) is 11.2 Å². The Labute approximate surface area is 129 Å². The van der Waals surface area contributed by atoms with E-state index in [1.165, 1.54) is 37.7 Å². The summed E-state index contributed by atoms with van der Waals surface area (Å²) in [6.45, 7) is 0.830. The van der Waals surface area contributed by atoms with E-state index in [-0.39, 0.29) is 5.91 Å². The molecule has 0 spiro atoms. The standard InChI is InChI=1S/C19H29NO/c21-19(15-14-18-11-5-2-6-12-18)20-16-8-7-13-17-9-3-1-4-10-17/h1,3-4,9-10,18H,2,5-8,11-16H2,(H,20,21). The summed E-state index contributed by atoms with van der Waals surface area (Å²) < 4.78 is 0. The number of aryl methyl sites for hydroxylation is 1. The van der Waals surface area contributed by atoms with Crippen LogP contribution in [0.3, 0.4) is 0 Å². The van der Waals surface area contributed by atoms with Gasteiger partial charge in [-0.2, -0.15) is 0 Å². The Morgan fingerprint density at radius 3 is 2.57 bits per heavy atom. The molecule has 1 fully saturated rings. The molecule has 2 nitrogen and oxygen atoms in total. The van der Waals surface area contributed by atoms with Crippen LogP contribution in [0.2, 0.25) is 0 Å². The van der Waals surface area contributed by atoms with Crippen LogP contribution in [0.1, 0.15) is 63.4 Å². The van der Waals surface area contributed by atoms with E-state index in [1.807, 2.05) is 0 Å². The maximum atomic E-state index is 11.8. The minimum absolute atomic E-state index is 0.250. The highest BCUT2D eigenvalue weighted by Gasteiger charge is 2.14. The van der Waals surface area contributed by atoms with E-state index in [4.69, 9.17) is 0 Å². The maximum absolute atomic E-state index is 11.8. The fourth-order valence-corrected chi connectivity index (χ4v) is 3.23. The Bertz CT molecular complexity index is 395. The number of rotatable bonds is 8. The number of carbonyl (C=O) groups is 1. The lowest BCUT2D eigenvalue weighted by atomic mass is 9.86. The summed E-state index contributed by atoms with van der Waals surface area (Å²) in [7, 11) is 0. The van der Waals surface area contributed by atoms with E-state index in [1.54, 1.807) is 0 Å². The van der Waals surface area contributed by atoms with Crippen molar-refractivity contribution in [1.29, 1.82) is 0 Å². The first kappa shape index (κ1) is 16.1. The second kappa shape index (κ2) is 9.59. The molecule has 1 N–H and O–H groups in total.